The van der Waals surface area contributed by atoms with E-state index >= 15 is 0 Å². The van der Waals surface area contributed by atoms with Crippen LogP contribution >= 0.6 is 11.6 Å². The van der Waals surface area contributed by atoms with Crippen molar-refractivity contribution in [2.75, 3.05) is 7.11 Å². The van der Waals surface area contributed by atoms with Crippen molar-refractivity contribution in [1.82, 2.24) is 9.97 Å². The Morgan fingerprint density at radius 1 is 1.12 bits per heavy atom. The van der Waals surface area contributed by atoms with E-state index in [-0.39, 0.29) is 5.41 Å². The Morgan fingerprint density at radius 3 is 2.41 bits per heavy atom. The van der Waals surface area contributed by atoms with E-state index in [1.165, 1.54) is 0 Å². The molecule has 2 rings (SSSR count). The molecule has 0 aliphatic heterocycles. The normalized spacial score (nSPS) is 11.8. The number of benzene rings is 1. The molecule has 0 spiro atoms. The molecule has 4 heteroatoms. The number of ether oxygens (including phenoxy) is 1. The average molecular weight is 251 g/mol. The summed E-state index contributed by atoms with van der Waals surface area (Å²) in [6.45, 7) is 6.19. The van der Waals surface area contributed by atoms with Gasteiger partial charge in [-0.3, -0.25) is 0 Å². The molecule has 0 N–H and O–H groups in total. The highest BCUT2D eigenvalue weighted by molar-refractivity contribution is 6.30. The average Bonchev–Trinajstić information content (AvgIpc) is 2.26. The van der Waals surface area contributed by atoms with Crippen LogP contribution in [0, 0.1) is 0 Å². The fourth-order valence-electron chi connectivity index (χ4n) is 1.62. The molecule has 90 valence electrons. The number of halogens is 1. The van der Waals surface area contributed by atoms with Crippen LogP contribution in [-0.4, -0.2) is 17.1 Å². The molecular formula is C13H15ClN2O. The van der Waals surface area contributed by atoms with Gasteiger partial charge in [0.15, 0.2) is 5.15 Å². The SMILES string of the molecule is COc1ccc2nc(Cl)c(C(C)(C)C)nc2c1. The lowest BCUT2D eigenvalue weighted by Crippen LogP contribution is -2.15. The molecule has 0 radical (unpaired) electrons. The molecule has 0 saturated carbocycles. The van der Waals surface area contributed by atoms with Gasteiger partial charge >= 0.3 is 0 Å². The van der Waals surface area contributed by atoms with Crippen molar-refractivity contribution < 1.29 is 4.74 Å². The quantitative estimate of drug-likeness (QED) is 0.776. The van der Waals surface area contributed by atoms with Gasteiger partial charge in [-0.2, -0.15) is 0 Å². The molecule has 2 aromatic rings. The van der Waals surface area contributed by atoms with Crippen LogP contribution in [-0.2, 0) is 5.41 Å². The first-order valence-corrected chi connectivity index (χ1v) is 5.81. The summed E-state index contributed by atoms with van der Waals surface area (Å²) in [6, 6.07) is 5.58. The molecule has 1 aromatic carbocycles. The topological polar surface area (TPSA) is 35.0 Å². The van der Waals surface area contributed by atoms with Gasteiger partial charge in [0.05, 0.1) is 23.8 Å². The summed E-state index contributed by atoms with van der Waals surface area (Å²) in [5, 5.41) is 0.468. The highest BCUT2D eigenvalue weighted by Gasteiger charge is 2.21. The van der Waals surface area contributed by atoms with E-state index in [0.29, 0.717) is 5.15 Å². The number of fused-ring (bicyclic) bond motifs is 1. The van der Waals surface area contributed by atoms with Crippen LogP contribution in [0.25, 0.3) is 11.0 Å². The minimum Gasteiger partial charge on any atom is -0.497 e. The summed E-state index contributed by atoms with van der Waals surface area (Å²) < 4.78 is 5.18. The van der Waals surface area contributed by atoms with Crippen molar-refractivity contribution in [1.29, 1.82) is 0 Å². The van der Waals surface area contributed by atoms with Crippen molar-refractivity contribution in [3.63, 3.8) is 0 Å². The van der Waals surface area contributed by atoms with Crippen LogP contribution in [0.2, 0.25) is 5.15 Å². The number of aromatic nitrogens is 2. The molecule has 0 saturated heterocycles. The molecule has 0 atom stereocenters. The van der Waals surface area contributed by atoms with E-state index in [0.717, 1.165) is 22.5 Å². The van der Waals surface area contributed by atoms with Crippen LogP contribution in [0.15, 0.2) is 18.2 Å². The Bertz CT molecular complexity index is 561. The third kappa shape index (κ3) is 2.34. The standard InChI is InChI=1S/C13H15ClN2O/c1-13(2,3)11-12(14)16-9-6-5-8(17-4)7-10(9)15-11/h5-7H,1-4H3. The van der Waals surface area contributed by atoms with Crippen LogP contribution in [0.5, 0.6) is 5.75 Å². The van der Waals surface area contributed by atoms with E-state index in [1.54, 1.807) is 7.11 Å². The Balaban J connectivity index is 2.69. The van der Waals surface area contributed by atoms with Crippen molar-refractivity contribution in [2.45, 2.75) is 26.2 Å². The largest absolute Gasteiger partial charge is 0.497 e. The molecule has 0 unspecified atom stereocenters. The lowest BCUT2D eigenvalue weighted by Gasteiger charge is -2.19. The van der Waals surface area contributed by atoms with Gasteiger partial charge in [-0.25, -0.2) is 9.97 Å². The molecule has 3 nitrogen and oxygen atoms in total. The maximum Gasteiger partial charge on any atom is 0.151 e. The first-order valence-electron chi connectivity index (χ1n) is 5.43. The molecule has 0 bridgehead atoms. The van der Waals surface area contributed by atoms with Crippen molar-refractivity contribution in [2.24, 2.45) is 0 Å². The molecule has 1 heterocycles. The van der Waals surface area contributed by atoms with Crippen LogP contribution < -0.4 is 4.74 Å². The minimum atomic E-state index is -0.124. The maximum absolute atomic E-state index is 6.16. The zero-order valence-electron chi connectivity index (χ0n) is 10.4. The molecule has 0 fully saturated rings. The predicted octanol–water partition coefficient (Wildman–Crippen LogP) is 3.59. The Labute approximate surface area is 106 Å². The van der Waals surface area contributed by atoms with E-state index in [4.69, 9.17) is 16.3 Å². The van der Waals surface area contributed by atoms with Crippen molar-refractivity contribution in [3.05, 3.63) is 29.0 Å². The Hall–Kier alpha value is -1.35. The van der Waals surface area contributed by atoms with Gasteiger partial charge in [0, 0.05) is 11.5 Å². The summed E-state index contributed by atoms with van der Waals surface area (Å²) in [5.41, 5.74) is 2.27. The van der Waals surface area contributed by atoms with Gasteiger partial charge in [-0.05, 0) is 12.1 Å². The summed E-state index contributed by atoms with van der Waals surface area (Å²) in [6.07, 6.45) is 0. The zero-order chi connectivity index (χ0) is 12.6. The second kappa shape index (κ2) is 4.15. The first-order chi connectivity index (χ1) is 7.91. The van der Waals surface area contributed by atoms with Gasteiger partial charge < -0.3 is 4.74 Å². The molecule has 17 heavy (non-hydrogen) atoms. The van der Waals surface area contributed by atoms with Gasteiger partial charge in [0.2, 0.25) is 0 Å². The second-order valence-corrected chi connectivity index (χ2v) is 5.33. The number of rotatable bonds is 1. The second-order valence-electron chi connectivity index (χ2n) is 4.97. The number of hydrogen-bond acceptors (Lipinski definition) is 3. The third-order valence-electron chi connectivity index (χ3n) is 2.54. The summed E-state index contributed by atoms with van der Waals surface area (Å²) in [7, 11) is 1.63. The fraction of sp³-hybridized carbons (Fsp3) is 0.385. The summed E-state index contributed by atoms with van der Waals surface area (Å²) in [5.74, 6) is 0.772. The highest BCUT2D eigenvalue weighted by atomic mass is 35.5. The molecule has 0 amide bonds. The highest BCUT2D eigenvalue weighted by Crippen LogP contribution is 2.29. The van der Waals surface area contributed by atoms with Crippen LogP contribution in [0.4, 0.5) is 0 Å². The van der Waals surface area contributed by atoms with E-state index in [1.807, 2.05) is 18.2 Å². The number of nitrogens with zero attached hydrogens (tertiary/aromatic N) is 2. The monoisotopic (exact) mass is 250 g/mol. The smallest absolute Gasteiger partial charge is 0.151 e. The molecule has 1 aromatic heterocycles. The van der Waals surface area contributed by atoms with Crippen LogP contribution in [0.3, 0.4) is 0 Å². The van der Waals surface area contributed by atoms with Gasteiger partial charge in [0.25, 0.3) is 0 Å². The first kappa shape index (κ1) is 12.1. The maximum atomic E-state index is 6.16. The number of hydrogen-bond donors (Lipinski definition) is 0. The molecular weight excluding hydrogens is 236 g/mol. The van der Waals surface area contributed by atoms with Crippen LogP contribution in [0.1, 0.15) is 26.5 Å². The minimum absolute atomic E-state index is 0.124. The van der Waals surface area contributed by atoms with Gasteiger partial charge in [-0.15, -0.1) is 0 Å². The van der Waals surface area contributed by atoms with Gasteiger partial charge in [0.1, 0.15) is 5.75 Å². The summed E-state index contributed by atoms with van der Waals surface area (Å²) >= 11 is 6.16. The predicted molar refractivity (Wildman–Crippen MR) is 69.8 cm³/mol. The van der Waals surface area contributed by atoms with Crippen molar-refractivity contribution >= 4 is 22.6 Å². The van der Waals surface area contributed by atoms with Gasteiger partial charge in [-0.1, -0.05) is 32.4 Å². The Morgan fingerprint density at radius 2 is 1.82 bits per heavy atom. The third-order valence-corrected chi connectivity index (χ3v) is 2.80. The lowest BCUT2D eigenvalue weighted by atomic mass is 9.92. The molecule has 0 aliphatic carbocycles. The fourth-order valence-corrected chi connectivity index (χ4v) is 2.03. The summed E-state index contributed by atoms with van der Waals surface area (Å²) in [4.78, 5) is 8.95. The van der Waals surface area contributed by atoms with E-state index in [2.05, 4.69) is 30.7 Å². The van der Waals surface area contributed by atoms with E-state index < -0.39 is 0 Å². The Kier molecular flexibility index (Phi) is 2.96. The lowest BCUT2D eigenvalue weighted by molar-refractivity contribution is 0.415. The van der Waals surface area contributed by atoms with Crippen molar-refractivity contribution in [3.8, 4) is 5.75 Å². The van der Waals surface area contributed by atoms with E-state index in [9.17, 15) is 0 Å². The zero-order valence-corrected chi connectivity index (χ0v) is 11.2. The number of methoxy groups -OCH3 is 1. The molecule has 0 aliphatic rings.